The van der Waals surface area contributed by atoms with Crippen molar-refractivity contribution < 1.29 is 4.74 Å². The SMILES string of the molecule is CC1(C)[C@@H]2CC=C(CBr)[C@]13C[C@@H](Br)[C@@](C)(Cl)C[C@@H]3O2. The topological polar surface area (TPSA) is 9.23 Å². The first kappa shape index (κ1) is 14.9. The Morgan fingerprint density at radius 3 is 2.63 bits per heavy atom. The summed E-state index contributed by atoms with van der Waals surface area (Å²) in [5, 5.41) is 0.946. The fourth-order valence-corrected chi connectivity index (χ4v) is 6.14. The van der Waals surface area contributed by atoms with Gasteiger partial charge >= 0.3 is 0 Å². The van der Waals surface area contributed by atoms with E-state index < -0.39 is 0 Å². The van der Waals surface area contributed by atoms with Gasteiger partial charge in [-0.1, -0.05) is 57.4 Å². The van der Waals surface area contributed by atoms with Crippen molar-refractivity contribution in [3.8, 4) is 0 Å². The van der Waals surface area contributed by atoms with Crippen LogP contribution < -0.4 is 0 Å². The molecule has 0 N–H and O–H groups in total. The normalized spacial score (nSPS) is 51.7. The quantitative estimate of drug-likeness (QED) is 0.433. The van der Waals surface area contributed by atoms with Crippen LogP contribution in [0.2, 0.25) is 0 Å². The summed E-state index contributed by atoms with van der Waals surface area (Å²) < 4.78 is 6.43. The molecule has 5 atom stereocenters. The molecular formula is C15H21Br2ClO. The van der Waals surface area contributed by atoms with Crippen molar-refractivity contribution in [1.82, 2.24) is 0 Å². The molecule has 0 aromatic rings. The monoisotopic (exact) mass is 410 g/mol. The summed E-state index contributed by atoms with van der Waals surface area (Å²) in [6.07, 6.45) is 6.04. The molecule has 1 nitrogen and oxygen atoms in total. The summed E-state index contributed by atoms with van der Waals surface area (Å²) in [4.78, 5) is 0.126. The van der Waals surface area contributed by atoms with Crippen molar-refractivity contribution in [3.63, 3.8) is 0 Å². The molecule has 0 radical (unpaired) electrons. The first-order chi connectivity index (χ1) is 8.75. The van der Waals surface area contributed by atoms with Crippen LogP contribution in [0.3, 0.4) is 0 Å². The number of hydrogen-bond acceptors (Lipinski definition) is 1. The van der Waals surface area contributed by atoms with Crippen molar-refractivity contribution in [2.45, 2.75) is 61.9 Å². The Hall–Kier alpha value is 0.950. The van der Waals surface area contributed by atoms with E-state index in [1.54, 1.807) is 0 Å². The molecule has 2 aliphatic carbocycles. The van der Waals surface area contributed by atoms with Gasteiger partial charge in [-0.15, -0.1) is 11.6 Å². The van der Waals surface area contributed by atoms with E-state index in [0.29, 0.717) is 10.9 Å². The highest BCUT2D eigenvalue weighted by atomic mass is 79.9. The lowest BCUT2D eigenvalue weighted by Gasteiger charge is -2.54. The van der Waals surface area contributed by atoms with Gasteiger partial charge in [0.2, 0.25) is 0 Å². The molecule has 1 spiro atoms. The second kappa shape index (κ2) is 4.47. The van der Waals surface area contributed by atoms with Crippen LogP contribution in [0.4, 0.5) is 0 Å². The molecule has 0 aromatic heterocycles. The van der Waals surface area contributed by atoms with Gasteiger partial charge < -0.3 is 4.74 Å². The van der Waals surface area contributed by atoms with Crippen LogP contribution in [0.15, 0.2) is 11.6 Å². The van der Waals surface area contributed by atoms with E-state index in [9.17, 15) is 0 Å². The summed E-state index contributed by atoms with van der Waals surface area (Å²) in [6, 6.07) is 0. The largest absolute Gasteiger partial charge is 0.373 e. The van der Waals surface area contributed by atoms with Crippen molar-refractivity contribution in [1.29, 1.82) is 0 Å². The molecule has 1 heterocycles. The zero-order chi connectivity index (χ0) is 14.1. The third-order valence-electron chi connectivity index (χ3n) is 5.87. The lowest BCUT2D eigenvalue weighted by atomic mass is 9.51. The molecule has 19 heavy (non-hydrogen) atoms. The summed E-state index contributed by atoms with van der Waals surface area (Å²) in [5.41, 5.74) is 1.85. The second-order valence-corrected chi connectivity index (χ2v) is 9.59. The van der Waals surface area contributed by atoms with Crippen LogP contribution in [0.1, 0.15) is 40.0 Å². The number of fused-ring (bicyclic) bond motifs is 1. The zero-order valence-electron chi connectivity index (χ0n) is 11.7. The molecule has 1 saturated heterocycles. The molecule has 0 aromatic carbocycles. The Morgan fingerprint density at radius 1 is 1.32 bits per heavy atom. The van der Waals surface area contributed by atoms with Crippen molar-refractivity contribution >= 4 is 43.5 Å². The van der Waals surface area contributed by atoms with E-state index in [0.717, 1.165) is 24.6 Å². The number of alkyl halides is 3. The number of ether oxygens (including phenoxy) is 1. The van der Waals surface area contributed by atoms with Gasteiger partial charge in [0.05, 0.1) is 17.1 Å². The van der Waals surface area contributed by atoms with Gasteiger partial charge in [-0.2, -0.15) is 0 Å². The average molecular weight is 413 g/mol. The number of halogens is 3. The molecule has 2 bridgehead atoms. The lowest BCUT2D eigenvalue weighted by Crippen LogP contribution is -2.56. The van der Waals surface area contributed by atoms with Gasteiger partial charge in [0.25, 0.3) is 0 Å². The van der Waals surface area contributed by atoms with Crippen LogP contribution in [-0.2, 0) is 4.74 Å². The fraction of sp³-hybridized carbons (Fsp3) is 0.867. The minimum atomic E-state index is -0.207. The first-order valence-electron chi connectivity index (χ1n) is 6.99. The molecule has 3 rings (SSSR count). The van der Waals surface area contributed by atoms with E-state index in [1.165, 1.54) is 5.57 Å². The van der Waals surface area contributed by atoms with E-state index in [1.807, 2.05) is 0 Å². The highest BCUT2D eigenvalue weighted by Crippen LogP contribution is 2.67. The third kappa shape index (κ3) is 1.80. The van der Waals surface area contributed by atoms with Gasteiger partial charge in [0, 0.05) is 21.0 Å². The molecule has 4 heteroatoms. The van der Waals surface area contributed by atoms with E-state index in [2.05, 4.69) is 58.7 Å². The standard InChI is InChI=1S/C15H21Br2ClO/c1-13(2)11-5-4-9(8-16)15(13)6-10(17)14(3,18)7-12(15)19-11/h4,10-12H,5-8H2,1-3H3/t10-,11+,12+,14+,15+/m1/s1. The van der Waals surface area contributed by atoms with Gasteiger partial charge in [-0.3, -0.25) is 0 Å². The van der Waals surface area contributed by atoms with Crippen LogP contribution in [0.25, 0.3) is 0 Å². The van der Waals surface area contributed by atoms with Crippen LogP contribution in [-0.4, -0.2) is 27.2 Å². The fourth-order valence-electron chi connectivity index (χ4n) is 4.50. The summed E-state index contributed by atoms with van der Waals surface area (Å²) in [7, 11) is 0. The van der Waals surface area contributed by atoms with Crippen LogP contribution in [0.5, 0.6) is 0 Å². The first-order valence-corrected chi connectivity index (χ1v) is 9.41. The summed E-state index contributed by atoms with van der Waals surface area (Å²) >= 11 is 14.2. The smallest absolute Gasteiger partial charge is 0.0696 e. The Morgan fingerprint density at radius 2 is 2.00 bits per heavy atom. The van der Waals surface area contributed by atoms with Gasteiger partial charge in [-0.05, 0) is 26.2 Å². The molecule has 0 amide bonds. The van der Waals surface area contributed by atoms with Crippen molar-refractivity contribution in [3.05, 3.63) is 11.6 Å². The van der Waals surface area contributed by atoms with E-state index in [4.69, 9.17) is 16.3 Å². The predicted molar refractivity (Wildman–Crippen MR) is 87.6 cm³/mol. The molecule has 3 aliphatic rings. The van der Waals surface area contributed by atoms with Gasteiger partial charge in [-0.25, -0.2) is 0 Å². The Labute approximate surface area is 137 Å². The van der Waals surface area contributed by atoms with Crippen molar-refractivity contribution in [2.75, 3.05) is 5.33 Å². The Kier molecular flexibility index (Phi) is 3.50. The average Bonchev–Trinajstić information content (AvgIpc) is 2.46. The van der Waals surface area contributed by atoms with E-state index >= 15 is 0 Å². The molecule has 1 aliphatic heterocycles. The predicted octanol–water partition coefficient (Wildman–Crippen LogP) is 5.05. The zero-order valence-corrected chi connectivity index (χ0v) is 15.6. The Balaban J connectivity index is 2.11. The summed E-state index contributed by atoms with van der Waals surface area (Å²) in [6.45, 7) is 6.89. The number of rotatable bonds is 1. The molecule has 1 saturated carbocycles. The maximum Gasteiger partial charge on any atom is 0.0696 e. The van der Waals surface area contributed by atoms with E-state index in [-0.39, 0.29) is 21.8 Å². The second-order valence-electron chi connectivity index (χ2n) is 7.06. The maximum absolute atomic E-state index is 6.70. The van der Waals surface area contributed by atoms with Crippen LogP contribution >= 0.6 is 43.5 Å². The molecule has 2 fully saturated rings. The molecule has 108 valence electrons. The minimum Gasteiger partial charge on any atom is -0.373 e. The van der Waals surface area contributed by atoms with Gasteiger partial charge in [0.15, 0.2) is 0 Å². The number of hydrogen-bond donors (Lipinski definition) is 0. The summed E-state index contributed by atoms with van der Waals surface area (Å²) in [5.74, 6) is 0. The van der Waals surface area contributed by atoms with Crippen LogP contribution in [0, 0.1) is 10.8 Å². The molecular weight excluding hydrogens is 391 g/mol. The van der Waals surface area contributed by atoms with Crippen molar-refractivity contribution in [2.24, 2.45) is 10.8 Å². The maximum atomic E-state index is 6.70. The highest BCUT2D eigenvalue weighted by molar-refractivity contribution is 9.09. The van der Waals surface area contributed by atoms with Gasteiger partial charge in [0.1, 0.15) is 0 Å². The lowest BCUT2D eigenvalue weighted by molar-refractivity contribution is -0.000557. The third-order valence-corrected chi connectivity index (χ3v) is 8.49. The molecule has 0 unspecified atom stereocenters. The minimum absolute atomic E-state index is 0.141. The Bertz CT molecular complexity index is 432. The highest BCUT2D eigenvalue weighted by Gasteiger charge is 2.67.